The molecule has 1 aromatic heterocycles. The fraction of sp³-hybridized carbons (Fsp3) is 0.423. The van der Waals surface area contributed by atoms with Crippen molar-refractivity contribution in [2.75, 3.05) is 27.4 Å². The topological polar surface area (TPSA) is 84.0 Å². The molecule has 33 heavy (non-hydrogen) atoms. The predicted molar refractivity (Wildman–Crippen MR) is 127 cm³/mol. The molecule has 7 heteroatoms. The summed E-state index contributed by atoms with van der Waals surface area (Å²) in [7, 11) is 3.30. The molecule has 2 atom stereocenters. The lowest BCUT2D eigenvalue weighted by Crippen LogP contribution is -2.39. The second-order valence-corrected chi connectivity index (χ2v) is 8.49. The van der Waals surface area contributed by atoms with Crippen molar-refractivity contribution in [3.63, 3.8) is 0 Å². The third kappa shape index (κ3) is 4.56. The van der Waals surface area contributed by atoms with Crippen LogP contribution in [0.15, 0.2) is 36.5 Å². The van der Waals surface area contributed by atoms with E-state index < -0.39 is 5.97 Å². The fourth-order valence-corrected chi connectivity index (χ4v) is 4.99. The molecule has 2 aromatic carbocycles. The molecule has 1 aliphatic heterocycles. The van der Waals surface area contributed by atoms with Crippen molar-refractivity contribution in [2.24, 2.45) is 0 Å². The predicted octanol–water partition coefficient (Wildman–Crippen LogP) is 4.93. The van der Waals surface area contributed by atoms with Gasteiger partial charge in [0.1, 0.15) is 11.5 Å². The average Bonchev–Trinajstić information content (AvgIpc) is 3.32. The summed E-state index contributed by atoms with van der Waals surface area (Å²) in [6.45, 7) is 6.31. The molecule has 1 saturated heterocycles. The van der Waals surface area contributed by atoms with Crippen molar-refractivity contribution in [1.29, 1.82) is 0 Å². The van der Waals surface area contributed by atoms with Crippen molar-refractivity contribution in [3.05, 3.63) is 58.8 Å². The molecule has 2 heterocycles. The Morgan fingerprint density at radius 1 is 1.18 bits per heavy atom. The highest BCUT2D eigenvalue weighted by molar-refractivity contribution is 5.89. The number of likely N-dealkylation sites (tertiary alicyclic amines) is 1. The molecule has 7 nitrogen and oxygen atoms in total. The van der Waals surface area contributed by atoms with Gasteiger partial charge in [0.05, 0.1) is 25.9 Å². The third-order valence-corrected chi connectivity index (χ3v) is 6.60. The molecule has 1 aliphatic rings. The van der Waals surface area contributed by atoms with Crippen molar-refractivity contribution in [1.82, 2.24) is 9.88 Å². The summed E-state index contributed by atoms with van der Waals surface area (Å²) in [6.07, 6.45) is 3.85. The summed E-state index contributed by atoms with van der Waals surface area (Å²) in [6, 6.07) is 9.35. The Labute approximate surface area is 194 Å². The van der Waals surface area contributed by atoms with Crippen LogP contribution in [0, 0.1) is 6.92 Å². The number of ether oxygens (including phenoxy) is 3. The lowest BCUT2D eigenvalue weighted by Gasteiger charge is -2.40. The van der Waals surface area contributed by atoms with E-state index in [9.17, 15) is 9.90 Å². The number of methoxy groups -OCH3 is 2. The number of aryl methyl sites for hydroxylation is 1. The number of nitrogens with zero attached hydrogens (tertiary/aromatic N) is 1. The van der Waals surface area contributed by atoms with Gasteiger partial charge in [-0.1, -0.05) is 6.07 Å². The Morgan fingerprint density at radius 3 is 2.67 bits per heavy atom. The highest BCUT2D eigenvalue weighted by atomic mass is 16.5. The highest BCUT2D eigenvalue weighted by Crippen LogP contribution is 2.40. The zero-order valence-corrected chi connectivity index (χ0v) is 19.7. The van der Waals surface area contributed by atoms with Crippen LogP contribution >= 0.6 is 0 Å². The fourth-order valence-electron chi connectivity index (χ4n) is 4.99. The molecule has 0 spiro atoms. The number of benzene rings is 2. The Bertz CT molecular complexity index is 1140. The van der Waals surface area contributed by atoms with Gasteiger partial charge in [-0.15, -0.1) is 0 Å². The number of carbonyl (C=O) groups is 1. The largest absolute Gasteiger partial charge is 0.496 e. The molecule has 2 N–H and O–H groups in total. The normalized spacial score (nSPS) is 19.0. The average molecular weight is 453 g/mol. The lowest BCUT2D eigenvalue weighted by molar-refractivity contribution is -0.0142. The standard InChI is InChI=1S/C26H32N2O5/c1-5-33-18-9-11-28(15-21-19-8-10-27-25(19)16(2)12-23(21)31-3)22(14-18)20-7-6-17(26(29)30)13-24(20)32-4/h6-8,10,12-13,18,22,27H,5,9,11,14-15H2,1-4H3,(H,29,30)/t18-,22+/m1/s1. The number of aromatic carboxylic acids is 1. The number of aromatic nitrogens is 1. The number of fused-ring (bicyclic) bond motifs is 1. The van der Waals surface area contributed by atoms with Gasteiger partial charge in [-0.05, 0) is 56.5 Å². The molecular weight excluding hydrogens is 420 g/mol. The van der Waals surface area contributed by atoms with E-state index in [1.54, 1.807) is 26.4 Å². The Hall–Kier alpha value is -3.03. The summed E-state index contributed by atoms with van der Waals surface area (Å²) in [5.41, 5.74) is 4.60. The first-order chi connectivity index (χ1) is 16.0. The first-order valence-electron chi connectivity index (χ1n) is 11.4. The Balaban J connectivity index is 1.75. The number of hydrogen-bond acceptors (Lipinski definition) is 5. The van der Waals surface area contributed by atoms with Crippen LogP contribution in [0.1, 0.15) is 52.9 Å². The number of hydrogen-bond donors (Lipinski definition) is 2. The van der Waals surface area contributed by atoms with Crippen LogP contribution in [-0.4, -0.2) is 54.4 Å². The quantitative estimate of drug-likeness (QED) is 0.504. The summed E-state index contributed by atoms with van der Waals surface area (Å²) in [4.78, 5) is 17.3. The summed E-state index contributed by atoms with van der Waals surface area (Å²) in [5.74, 6) is 0.495. The van der Waals surface area contributed by atoms with E-state index in [0.29, 0.717) is 18.9 Å². The van der Waals surface area contributed by atoms with E-state index in [1.165, 1.54) is 0 Å². The van der Waals surface area contributed by atoms with Crippen LogP contribution in [0.2, 0.25) is 0 Å². The summed E-state index contributed by atoms with van der Waals surface area (Å²) >= 11 is 0. The van der Waals surface area contributed by atoms with Crippen molar-refractivity contribution in [3.8, 4) is 11.5 Å². The van der Waals surface area contributed by atoms with E-state index in [0.717, 1.165) is 52.7 Å². The maximum absolute atomic E-state index is 11.5. The number of aromatic amines is 1. The maximum Gasteiger partial charge on any atom is 0.335 e. The highest BCUT2D eigenvalue weighted by Gasteiger charge is 2.33. The van der Waals surface area contributed by atoms with E-state index in [1.807, 2.05) is 19.2 Å². The van der Waals surface area contributed by atoms with Crippen LogP contribution in [0.4, 0.5) is 0 Å². The van der Waals surface area contributed by atoms with Gasteiger partial charge in [-0.2, -0.15) is 0 Å². The van der Waals surface area contributed by atoms with E-state index >= 15 is 0 Å². The monoisotopic (exact) mass is 452 g/mol. The minimum atomic E-state index is -0.966. The van der Waals surface area contributed by atoms with Crippen LogP contribution in [-0.2, 0) is 11.3 Å². The van der Waals surface area contributed by atoms with Crippen molar-refractivity contribution in [2.45, 2.75) is 45.4 Å². The smallest absolute Gasteiger partial charge is 0.335 e. The third-order valence-electron chi connectivity index (χ3n) is 6.60. The lowest BCUT2D eigenvalue weighted by atomic mass is 9.91. The Kier molecular flexibility index (Phi) is 6.91. The first-order valence-corrected chi connectivity index (χ1v) is 11.4. The maximum atomic E-state index is 11.5. The van der Waals surface area contributed by atoms with Gasteiger partial charge in [0, 0.05) is 54.0 Å². The Morgan fingerprint density at radius 2 is 1.97 bits per heavy atom. The number of H-pyrrole nitrogens is 1. The minimum absolute atomic E-state index is 0.0214. The molecule has 0 aliphatic carbocycles. The number of piperidine rings is 1. The van der Waals surface area contributed by atoms with Gasteiger partial charge in [0.25, 0.3) is 0 Å². The van der Waals surface area contributed by atoms with E-state index in [-0.39, 0.29) is 17.7 Å². The molecule has 0 amide bonds. The molecular formula is C26H32N2O5. The van der Waals surface area contributed by atoms with Crippen molar-refractivity contribution < 1.29 is 24.1 Å². The zero-order valence-electron chi connectivity index (χ0n) is 19.7. The SMILES string of the molecule is CCO[C@@H]1CCN(Cc2c(OC)cc(C)c3[nH]ccc23)[C@H](c2ccc(C(=O)O)cc2OC)C1. The zero-order chi connectivity index (χ0) is 23.5. The van der Waals surface area contributed by atoms with Crippen LogP contribution < -0.4 is 9.47 Å². The van der Waals surface area contributed by atoms with Gasteiger partial charge < -0.3 is 24.3 Å². The van der Waals surface area contributed by atoms with E-state index in [2.05, 4.69) is 28.9 Å². The minimum Gasteiger partial charge on any atom is -0.496 e. The van der Waals surface area contributed by atoms with Gasteiger partial charge in [-0.25, -0.2) is 4.79 Å². The first kappa shape index (κ1) is 23.1. The second kappa shape index (κ2) is 9.85. The van der Waals surface area contributed by atoms with Gasteiger partial charge in [0.15, 0.2) is 0 Å². The van der Waals surface area contributed by atoms with Gasteiger partial charge in [-0.3, -0.25) is 4.90 Å². The molecule has 0 saturated carbocycles. The van der Waals surface area contributed by atoms with Crippen molar-refractivity contribution >= 4 is 16.9 Å². The molecule has 4 rings (SSSR count). The number of carboxylic acid groups (broad SMARTS) is 1. The van der Waals surface area contributed by atoms with Gasteiger partial charge in [0.2, 0.25) is 0 Å². The molecule has 0 unspecified atom stereocenters. The number of carboxylic acids is 1. The summed E-state index contributed by atoms with van der Waals surface area (Å²) < 4.78 is 17.4. The summed E-state index contributed by atoms with van der Waals surface area (Å²) in [5, 5.41) is 10.6. The molecule has 176 valence electrons. The van der Waals surface area contributed by atoms with E-state index in [4.69, 9.17) is 14.2 Å². The van der Waals surface area contributed by atoms with Crippen LogP contribution in [0.3, 0.4) is 0 Å². The number of rotatable bonds is 8. The molecule has 3 aromatic rings. The van der Waals surface area contributed by atoms with Crippen LogP contribution in [0.5, 0.6) is 11.5 Å². The number of nitrogens with one attached hydrogen (secondary N) is 1. The molecule has 1 fully saturated rings. The molecule has 0 radical (unpaired) electrons. The van der Waals surface area contributed by atoms with Crippen LogP contribution in [0.25, 0.3) is 10.9 Å². The van der Waals surface area contributed by atoms with Gasteiger partial charge >= 0.3 is 5.97 Å². The second-order valence-electron chi connectivity index (χ2n) is 8.49. The molecule has 0 bridgehead atoms.